The van der Waals surface area contributed by atoms with Gasteiger partial charge in [-0.05, 0) is 58.0 Å². The summed E-state index contributed by atoms with van der Waals surface area (Å²) in [7, 11) is 0. The van der Waals surface area contributed by atoms with E-state index in [-0.39, 0.29) is 26.1 Å². The van der Waals surface area contributed by atoms with Crippen molar-refractivity contribution in [1.29, 1.82) is 0 Å². The van der Waals surface area contributed by atoms with Crippen LogP contribution in [0.2, 0.25) is 0 Å². The van der Waals surface area contributed by atoms with E-state index in [4.69, 9.17) is 4.74 Å². The number of carbonyl (C=O) groups excluding carboxylic acids is 1. The van der Waals surface area contributed by atoms with E-state index < -0.39 is 0 Å². The molecule has 0 aliphatic carbocycles. The largest absolute Gasteiger partial charge is 0.462 e. The highest BCUT2D eigenvalue weighted by molar-refractivity contribution is 5.69. The van der Waals surface area contributed by atoms with E-state index in [9.17, 15) is 9.90 Å². The van der Waals surface area contributed by atoms with Gasteiger partial charge in [-0.15, -0.1) is 0 Å². The molecule has 0 aliphatic rings. The monoisotopic (exact) mass is 654 g/mol. The van der Waals surface area contributed by atoms with Crippen molar-refractivity contribution < 1.29 is 14.6 Å². The van der Waals surface area contributed by atoms with Crippen molar-refractivity contribution in [3.8, 4) is 0 Å². The summed E-state index contributed by atoms with van der Waals surface area (Å²) in [6, 6.07) is 0. The van der Waals surface area contributed by atoms with Crippen molar-refractivity contribution in [1.82, 2.24) is 4.90 Å². The molecule has 0 rings (SSSR count). The van der Waals surface area contributed by atoms with Crippen LogP contribution >= 0.6 is 0 Å². The molecule has 0 atom stereocenters. The first-order chi connectivity index (χ1) is 22.2. The minimum atomic E-state index is 0. The highest BCUT2D eigenvalue weighted by atomic mass is 16.5. The maximum Gasteiger partial charge on any atom is 0.306 e. The van der Waals surface area contributed by atoms with E-state index in [1.807, 2.05) is 0 Å². The highest BCUT2D eigenvalue weighted by Gasteiger charge is 2.14. The average molecular weight is 654 g/mol. The lowest BCUT2D eigenvalue weighted by Crippen LogP contribution is -2.29. The molecule has 4 heteroatoms. The Bertz CT molecular complexity index is 553. The summed E-state index contributed by atoms with van der Waals surface area (Å²) in [5.41, 5.74) is 0. The SMILES string of the molecule is C.CCCCCCCCCCCCCCN(CCO)CCCCCCCC(=O)OC(CCCCCCCC)CCCCCCCC. The molecule has 0 bridgehead atoms. The number of aliphatic hydroxyl groups excluding tert-OH is 1. The number of nitrogens with zero attached hydrogens (tertiary/aromatic N) is 1. The van der Waals surface area contributed by atoms with Gasteiger partial charge in [0.15, 0.2) is 0 Å². The molecule has 46 heavy (non-hydrogen) atoms. The van der Waals surface area contributed by atoms with Crippen molar-refractivity contribution in [2.24, 2.45) is 0 Å². The van der Waals surface area contributed by atoms with Crippen molar-refractivity contribution in [2.45, 2.75) is 240 Å². The van der Waals surface area contributed by atoms with Crippen molar-refractivity contribution in [3.05, 3.63) is 0 Å². The summed E-state index contributed by atoms with van der Waals surface area (Å²) in [5.74, 6) is 0.0356. The molecule has 0 amide bonds. The van der Waals surface area contributed by atoms with E-state index in [0.29, 0.717) is 6.42 Å². The quantitative estimate of drug-likeness (QED) is 0.0532. The first-order valence-corrected chi connectivity index (χ1v) is 20.7. The van der Waals surface area contributed by atoms with Crippen LogP contribution in [0.1, 0.15) is 234 Å². The zero-order valence-corrected chi connectivity index (χ0v) is 31.2. The second-order valence-electron chi connectivity index (χ2n) is 14.2. The summed E-state index contributed by atoms with van der Waals surface area (Å²) in [4.78, 5) is 15.1. The summed E-state index contributed by atoms with van der Waals surface area (Å²) < 4.78 is 6.02. The standard InChI is InChI=1S/C41H83NO3.CH4/c1-4-7-10-13-16-17-18-19-20-21-26-31-36-42(38-39-43)37-32-27-22-25-30-35-41(44)45-40(33-28-23-14-11-8-5-2)34-29-24-15-12-9-6-3;/h40,43H,4-39H2,1-3H3;1H4. The van der Waals surface area contributed by atoms with Gasteiger partial charge in [0, 0.05) is 13.0 Å². The van der Waals surface area contributed by atoms with Gasteiger partial charge in [-0.1, -0.05) is 182 Å². The Labute approximate surface area is 291 Å². The lowest BCUT2D eigenvalue weighted by atomic mass is 10.0. The summed E-state index contributed by atoms with van der Waals surface area (Å²) in [5, 5.41) is 9.51. The fourth-order valence-electron chi connectivity index (χ4n) is 6.60. The third kappa shape index (κ3) is 36.2. The Morgan fingerprint density at radius 3 is 1.17 bits per heavy atom. The second kappa shape index (κ2) is 40.6. The molecule has 278 valence electrons. The molecular weight excluding hydrogens is 566 g/mol. The van der Waals surface area contributed by atoms with Crippen LogP contribution in [0.25, 0.3) is 0 Å². The normalized spacial score (nSPS) is 11.4. The molecule has 0 aliphatic heterocycles. The first-order valence-electron chi connectivity index (χ1n) is 20.7. The zero-order chi connectivity index (χ0) is 32.9. The molecule has 4 nitrogen and oxygen atoms in total. The van der Waals surface area contributed by atoms with Crippen molar-refractivity contribution in [2.75, 3.05) is 26.2 Å². The molecule has 0 aromatic rings. The molecule has 0 spiro atoms. The molecule has 1 N–H and O–H groups in total. The Hall–Kier alpha value is -0.610. The summed E-state index contributed by atoms with van der Waals surface area (Å²) in [6.45, 7) is 10.1. The lowest BCUT2D eigenvalue weighted by molar-refractivity contribution is -0.150. The Morgan fingerprint density at radius 1 is 0.478 bits per heavy atom. The number of rotatable bonds is 38. The number of carbonyl (C=O) groups is 1. The second-order valence-corrected chi connectivity index (χ2v) is 14.2. The molecule has 0 unspecified atom stereocenters. The number of aliphatic hydroxyl groups is 1. The number of unbranched alkanes of at least 4 members (excludes halogenated alkanes) is 25. The Morgan fingerprint density at radius 2 is 0.804 bits per heavy atom. The molecular formula is C42H87NO3. The molecule has 0 saturated carbocycles. The third-order valence-electron chi connectivity index (χ3n) is 9.66. The van der Waals surface area contributed by atoms with Crippen LogP contribution in [-0.2, 0) is 9.53 Å². The van der Waals surface area contributed by atoms with E-state index in [1.54, 1.807) is 0 Å². The van der Waals surface area contributed by atoms with E-state index in [2.05, 4.69) is 25.7 Å². The zero-order valence-electron chi connectivity index (χ0n) is 31.2. The molecule has 0 fully saturated rings. The van der Waals surface area contributed by atoms with Gasteiger partial charge < -0.3 is 14.7 Å². The number of esters is 1. The van der Waals surface area contributed by atoms with E-state index in [1.165, 1.54) is 173 Å². The smallest absolute Gasteiger partial charge is 0.306 e. The molecule has 0 saturated heterocycles. The van der Waals surface area contributed by atoms with Gasteiger partial charge in [0.1, 0.15) is 6.10 Å². The van der Waals surface area contributed by atoms with Crippen molar-refractivity contribution in [3.63, 3.8) is 0 Å². The summed E-state index contributed by atoms with van der Waals surface area (Å²) in [6.07, 6.45) is 40.7. The maximum atomic E-state index is 12.7. The van der Waals surface area contributed by atoms with Crippen LogP contribution in [-0.4, -0.2) is 48.3 Å². The van der Waals surface area contributed by atoms with E-state index >= 15 is 0 Å². The van der Waals surface area contributed by atoms with Crippen LogP contribution in [0.15, 0.2) is 0 Å². The molecule has 0 radical (unpaired) electrons. The van der Waals surface area contributed by atoms with Crippen molar-refractivity contribution >= 4 is 5.97 Å². The van der Waals surface area contributed by atoms with Gasteiger partial charge in [-0.2, -0.15) is 0 Å². The Balaban J connectivity index is 0. The fraction of sp³-hybridized carbons (Fsp3) is 0.976. The predicted octanol–water partition coefficient (Wildman–Crippen LogP) is 13.4. The predicted molar refractivity (Wildman–Crippen MR) is 205 cm³/mol. The molecule has 0 aromatic carbocycles. The van der Waals surface area contributed by atoms with Gasteiger partial charge in [0.05, 0.1) is 6.61 Å². The average Bonchev–Trinajstić information content (AvgIpc) is 3.04. The Kier molecular flexibility index (Phi) is 41.9. The molecule has 0 heterocycles. The summed E-state index contributed by atoms with van der Waals surface area (Å²) >= 11 is 0. The van der Waals surface area contributed by atoms with Crippen LogP contribution in [0.5, 0.6) is 0 Å². The molecule has 0 aromatic heterocycles. The fourth-order valence-corrected chi connectivity index (χ4v) is 6.60. The van der Waals surface area contributed by atoms with Crippen LogP contribution in [0.4, 0.5) is 0 Å². The third-order valence-corrected chi connectivity index (χ3v) is 9.66. The topological polar surface area (TPSA) is 49.8 Å². The van der Waals surface area contributed by atoms with Gasteiger partial charge >= 0.3 is 5.97 Å². The van der Waals surface area contributed by atoms with Gasteiger partial charge in [0.2, 0.25) is 0 Å². The van der Waals surface area contributed by atoms with Crippen LogP contribution in [0, 0.1) is 0 Å². The minimum Gasteiger partial charge on any atom is -0.462 e. The number of hydrogen-bond donors (Lipinski definition) is 1. The van der Waals surface area contributed by atoms with Gasteiger partial charge in [0.25, 0.3) is 0 Å². The number of ether oxygens (including phenoxy) is 1. The number of hydrogen-bond acceptors (Lipinski definition) is 4. The van der Waals surface area contributed by atoms with E-state index in [0.717, 1.165) is 45.3 Å². The first kappa shape index (κ1) is 47.5. The lowest BCUT2D eigenvalue weighted by Gasteiger charge is -2.21. The van der Waals surface area contributed by atoms with Crippen LogP contribution in [0.3, 0.4) is 0 Å². The minimum absolute atomic E-state index is 0. The maximum absolute atomic E-state index is 12.7. The van der Waals surface area contributed by atoms with Crippen LogP contribution < -0.4 is 0 Å². The van der Waals surface area contributed by atoms with Gasteiger partial charge in [-0.3, -0.25) is 4.79 Å². The highest BCUT2D eigenvalue weighted by Crippen LogP contribution is 2.18. The van der Waals surface area contributed by atoms with Gasteiger partial charge in [-0.25, -0.2) is 0 Å².